The fourth-order valence-corrected chi connectivity index (χ4v) is 4.41. The number of hydrogen-bond donors (Lipinski definition) is 3. The molecule has 3 N–H and O–H groups in total. The van der Waals surface area contributed by atoms with E-state index in [-0.39, 0.29) is 22.0 Å². The summed E-state index contributed by atoms with van der Waals surface area (Å²) in [5.41, 5.74) is 0.702. The highest BCUT2D eigenvalue weighted by Gasteiger charge is 2.62. The van der Waals surface area contributed by atoms with E-state index >= 15 is 0 Å². The average molecular weight is 479 g/mol. The molecule has 9 heteroatoms. The van der Waals surface area contributed by atoms with E-state index in [1.807, 2.05) is 51.1 Å². The Balaban J connectivity index is 1.89. The zero-order chi connectivity index (χ0) is 23.7. The Kier molecular flexibility index (Phi) is 6.83. The van der Waals surface area contributed by atoms with Gasteiger partial charge in [0.15, 0.2) is 6.04 Å². The molecule has 0 aliphatic carbocycles. The summed E-state index contributed by atoms with van der Waals surface area (Å²) in [5, 5.41) is 15.6. The first-order valence-corrected chi connectivity index (χ1v) is 10.9. The van der Waals surface area contributed by atoms with Crippen molar-refractivity contribution >= 4 is 46.8 Å². The molecule has 3 amide bonds. The van der Waals surface area contributed by atoms with E-state index in [1.165, 1.54) is 12.1 Å². The Morgan fingerprint density at radius 1 is 1.09 bits per heavy atom. The van der Waals surface area contributed by atoms with Crippen LogP contribution in [0, 0.1) is 5.92 Å². The van der Waals surface area contributed by atoms with Crippen LogP contribution in [0.15, 0.2) is 48.5 Å². The first kappa shape index (κ1) is 24.0. The van der Waals surface area contributed by atoms with Crippen LogP contribution in [0.1, 0.15) is 26.3 Å². The zero-order valence-electron chi connectivity index (χ0n) is 18.1. The number of urea groups is 1. The van der Waals surface area contributed by atoms with E-state index in [4.69, 9.17) is 23.2 Å². The fourth-order valence-electron chi connectivity index (χ4n) is 4.11. The Morgan fingerprint density at radius 2 is 1.75 bits per heavy atom. The minimum atomic E-state index is -1.18. The molecule has 1 aliphatic rings. The third-order valence-electron chi connectivity index (χ3n) is 5.96. The molecule has 0 saturated carbocycles. The van der Waals surface area contributed by atoms with Crippen LogP contribution in [0.5, 0.6) is 0 Å². The molecule has 1 aliphatic heterocycles. The van der Waals surface area contributed by atoms with Crippen molar-refractivity contribution in [2.45, 2.75) is 38.9 Å². The van der Waals surface area contributed by atoms with Gasteiger partial charge in [-0.3, -0.25) is 4.79 Å². The molecule has 0 aromatic heterocycles. The largest absolute Gasteiger partial charge is 0.481 e. The highest BCUT2D eigenvalue weighted by atomic mass is 35.5. The van der Waals surface area contributed by atoms with Crippen molar-refractivity contribution in [1.82, 2.24) is 5.32 Å². The molecule has 1 heterocycles. The number of carboxylic acids is 1. The summed E-state index contributed by atoms with van der Waals surface area (Å²) in [6.07, 6.45) is 0. The molecular formula is C23H26Cl2N3O4+. The monoisotopic (exact) mass is 478 g/mol. The van der Waals surface area contributed by atoms with Gasteiger partial charge in [-0.2, -0.15) is 0 Å². The molecule has 1 saturated heterocycles. The summed E-state index contributed by atoms with van der Waals surface area (Å²) >= 11 is 11.9. The maximum Gasteiger partial charge on any atom is 0.338 e. The molecule has 170 valence electrons. The number of rotatable bonds is 5. The molecule has 32 heavy (non-hydrogen) atoms. The van der Waals surface area contributed by atoms with Crippen LogP contribution < -0.4 is 10.6 Å². The minimum absolute atomic E-state index is 0.0737. The predicted molar refractivity (Wildman–Crippen MR) is 124 cm³/mol. The lowest BCUT2D eigenvalue weighted by molar-refractivity contribution is -0.907. The summed E-state index contributed by atoms with van der Waals surface area (Å²) in [4.78, 5) is 38.4. The van der Waals surface area contributed by atoms with Gasteiger partial charge in [-0.1, -0.05) is 53.5 Å². The average Bonchev–Trinajstić information content (AvgIpc) is 2.99. The first-order valence-electron chi connectivity index (χ1n) is 10.2. The molecule has 3 rings (SSSR count). The number of carboxylic acid groups (broad SMARTS) is 1. The zero-order valence-corrected chi connectivity index (χ0v) is 19.6. The highest BCUT2D eigenvalue weighted by Crippen LogP contribution is 2.38. The van der Waals surface area contributed by atoms with Crippen LogP contribution in [0.25, 0.3) is 0 Å². The van der Waals surface area contributed by atoms with E-state index in [2.05, 4.69) is 10.6 Å². The van der Waals surface area contributed by atoms with Gasteiger partial charge in [0, 0.05) is 11.3 Å². The second kappa shape index (κ2) is 9.10. The summed E-state index contributed by atoms with van der Waals surface area (Å²) in [5.74, 6) is -2.53. The topological polar surface area (TPSA) is 95.5 Å². The van der Waals surface area contributed by atoms with Crippen molar-refractivity contribution in [3.63, 3.8) is 0 Å². The maximum atomic E-state index is 13.7. The van der Waals surface area contributed by atoms with Gasteiger partial charge in [0.25, 0.3) is 0 Å². The van der Waals surface area contributed by atoms with Gasteiger partial charge < -0.3 is 15.7 Å². The Labute approximate surface area is 196 Å². The molecule has 1 unspecified atom stereocenters. The molecule has 1 fully saturated rings. The van der Waals surface area contributed by atoms with E-state index in [9.17, 15) is 19.5 Å². The van der Waals surface area contributed by atoms with Crippen LogP contribution >= 0.6 is 23.2 Å². The van der Waals surface area contributed by atoms with Crippen molar-refractivity contribution in [3.05, 3.63) is 64.1 Å². The standard InChI is InChI=1S/C23H25Cl2N3O4/c1-23(2,3)28(12-14-7-5-4-6-8-14)13-16(21(30)31)19(20(28)29)27-22(32)26-15-9-10-17(24)18(25)11-15/h4-11,16,19H,12-13H2,1-3H3,(H2-,26,27,30,31,32)/p+1/t16-,19-,28?/m0/s1. The Morgan fingerprint density at radius 3 is 2.31 bits per heavy atom. The molecule has 3 atom stereocenters. The number of amides is 3. The molecule has 0 bridgehead atoms. The lowest BCUT2D eigenvalue weighted by Crippen LogP contribution is -2.62. The van der Waals surface area contributed by atoms with E-state index in [1.54, 1.807) is 6.07 Å². The minimum Gasteiger partial charge on any atom is -0.481 e. The number of anilines is 1. The molecule has 0 radical (unpaired) electrons. The number of halogens is 2. The van der Waals surface area contributed by atoms with E-state index in [0.29, 0.717) is 17.3 Å². The number of hydrogen-bond acceptors (Lipinski definition) is 3. The van der Waals surface area contributed by atoms with Gasteiger partial charge in [0.05, 0.1) is 15.6 Å². The summed E-state index contributed by atoms with van der Waals surface area (Å²) in [7, 11) is 0. The molecule has 0 spiro atoms. The van der Waals surface area contributed by atoms with Gasteiger partial charge >= 0.3 is 17.9 Å². The van der Waals surface area contributed by atoms with Gasteiger partial charge in [0.1, 0.15) is 19.0 Å². The first-order chi connectivity index (χ1) is 14.9. The van der Waals surface area contributed by atoms with Crippen molar-refractivity contribution in [1.29, 1.82) is 0 Å². The number of nitrogens with one attached hydrogen (secondary N) is 2. The van der Waals surface area contributed by atoms with E-state index in [0.717, 1.165) is 5.56 Å². The maximum absolute atomic E-state index is 13.7. The lowest BCUT2D eigenvalue weighted by atomic mass is 9.99. The summed E-state index contributed by atoms with van der Waals surface area (Å²) in [6, 6.07) is 12.1. The van der Waals surface area contributed by atoms with Crippen molar-refractivity contribution in [2.24, 2.45) is 5.92 Å². The summed E-state index contributed by atoms with van der Waals surface area (Å²) < 4.78 is -0.0916. The van der Waals surface area contributed by atoms with E-state index < -0.39 is 29.5 Å². The quantitative estimate of drug-likeness (QED) is 0.549. The molecule has 2 aromatic rings. The number of benzene rings is 2. The normalized spacial score (nSPS) is 23.1. The van der Waals surface area contributed by atoms with Crippen LogP contribution in [0.3, 0.4) is 0 Å². The van der Waals surface area contributed by atoms with Crippen molar-refractivity contribution < 1.29 is 24.0 Å². The van der Waals surface area contributed by atoms with Crippen LogP contribution in [0.4, 0.5) is 10.5 Å². The molecular weight excluding hydrogens is 453 g/mol. The fraction of sp³-hybridized carbons (Fsp3) is 0.348. The van der Waals surface area contributed by atoms with Crippen LogP contribution in [-0.2, 0) is 16.1 Å². The number of carbonyl (C=O) groups excluding carboxylic acids is 2. The highest BCUT2D eigenvalue weighted by molar-refractivity contribution is 6.42. The van der Waals surface area contributed by atoms with Crippen LogP contribution in [0.2, 0.25) is 10.0 Å². The number of carbonyl (C=O) groups is 3. The number of aliphatic carboxylic acids is 1. The number of quaternary nitrogens is 1. The molecule has 2 aromatic carbocycles. The SMILES string of the molecule is CC(C)(C)[N+]1(Cc2ccccc2)C[C@H](C(=O)O)[C@H](NC(=O)Nc2ccc(Cl)c(Cl)c2)C1=O. The van der Waals surface area contributed by atoms with Gasteiger partial charge in [0.2, 0.25) is 0 Å². The van der Waals surface area contributed by atoms with Gasteiger partial charge in [-0.05, 0) is 39.0 Å². The molecule has 7 nitrogen and oxygen atoms in total. The third-order valence-corrected chi connectivity index (χ3v) is 6.70. The summed E-state index contributed by atoms with van der Waals surface area (Å²) in [6.45, 7) is 6.13. The van der Waals surface area contributed by atoms with Crippen molar-refractivity contribution in [2.75, 3.05) is 11.9 Å². The second-order valence-corrected chi connectivity index (χ2v) is 9.77. The number of likely N-dealkylation sites (tertiary alicyclic amines) is 1. The number of nitrogens with zero attached hydrogens (tertiary/aromatic N) is 1. The Bertz CT molecular complexity index is 1040. The smallest absolute Gasteiger partial charge is 0.338 e. The second-order valence-electron chi connectivity index (χ2n) is 8.95. The van der Waals surface area contributed by atoms with Gasteiger partial charge in [-0.25, -0.2) is 14.1 Å². The lowest BCUT2D eigenvalue weighted by Gasteiger charge is -2.43. The third kappa shape index (κ3) is 4.75. The Hall–Kier alpha value is -2.61. The van der Waals surface area contributed by atoms with Gasteiger partial charge in [-0.15, -0.1) is 0 Å². The predicted octanol–water partition coefficient (Wildman–Crippen LogP) is 4.54. The van der Waals surface area contributed by atoms with Crippen molar-refractivity contribution in [3.8, 4) is 0 Å². The van der Waals surface area contributed by atoms with Crippen LogP contribution in [-0.4, -0.2) is 45.6 Å².